The Morgan fingerprint density at radius 1 is 0.812 bits per heavy atom. The van der Waals surface area contributed by atoms with E-state index in [1.807, 2.05) is 6.07 Å². The molecule has 3 rings (SSSR count). The Labute approximate surface area is 190 Å². The molecule has 0 saturated carbocycles. The summed E-state index contributed by atoms with van der Waals surface area (Å²) in [6, 6.07) is 14.7. The van der Waals surface area contributed by atoms with E-state index in [1.165, 1.54) is 38.6 Å². The van der Waals surface area contributed by atoms with E-state index in [0.29, 0.717) is 16.1 Å². The van der Waals surface area contributed by atoms with Crippen molar-refractivity contribution in [3.8, 4) is 0 Å². The zero-order valence-corrected chi connectivity index (χ0v) is 18.5. The van der Waals surface area contributed by atoms with E-state index in [4.69, 9.17) is 25.8 Å². The summed E-state index contributed by atoms with van der Waals surface area (Å²) in [5.41, 5.74) is 1.56. The molecule has 0 radical (unpaired) electrons. The molecular weight excluding hydrogens is 434 g/mol. The van der Waals surface area contributed by atoms with E-state index in [-0.39, 0.29) is 11.1 Å². The third-order valence-electron chi connectivity index (χ3n) is 5.08. The lowest BCUT2D eigenvalue weighted by Gasteiger charge is -2.33. The van der Waals surface area contributed by atoms with Crippen molar-refractivity contribution in [2.24, 2.45) is 0 Å². The third-order valence-corrected chi connectivity index (χ3v) is 5.33. The van der Waals surface area contributed by atoms with Gasteiger partial charge in [0.2, 0.25) is 0 Å². The average Bonchev–Trinajstić information content (AvgIpc) is 2.83. The highest BCUT2D eigenvalue weighted by Crippen LogP contribution is 2.40. The van der Waals surface area contributed by atoms with Crippen LogP contribution in [0.1, 0.15) is 23.1 Å². The van der Waals surface area contributed by atoms with Gasteiger partial charge in [-0.2, -0.15) is 0 Å². The molecule has 0 aliphatic carbocycles. The maximum atomic E-state index is 12.8. The number of halogens is 1. The number of benzene rings is 2. The zero-order valence-electron chi connectivity index (χ0n) is 17.8. The summed E-state index contributed by atoms with van der Waals surface area (Å²) in [5, 5.41) is 0.508. The molecule has 2 aromatic rings. The molecule has 7 nitrogen and oxygen atoms in total. The number of nitrogens with zero attached hydrogens (tertiary/aromatic N) is 1. The SMILES string of the molecule is COC(=O)C1=CN([C@@H](C(=O)OC)c2ccccc2)C=C(C(=O)OC)C1c1ccc(Cl)cc1. The van der Waals surface area contributed by atoms with Crippen LogP contribution in [0.15, 0.2) is 78.1 Å². The highest BCUT2D eigenvalue weighted by molar-refractivity contribution is 6.30. The summed E-state index contributed by atoms with van der Waals surface area (Å²) >= 11 is 6.01. The molecule has 0 N–H and O–H groups in total. The van der Waals surface area contributed by atoms with Crippen molar-refractivity contribution in [3.63, 3.8) is 0 Å². The van der Waals surface area contributed by atoms with Gasteiger partial charge < -0.3 is 19.1 Å². The second-order valence-corrected chi connectivity index (χ2v) is 7.36. The van der Waals surface area contributed by atoms with Crippen molar-refractivity contribution in [2.45, 2.75) is 12.0 Å². The van der Waals surface area contributed by atoms with Crippen LogP contribution in [0.3, 0.4) is 0 Å². The summed E-state index contributed by atoms with van der Waals surface area (Å²) < 4.78 is 15.0. The Kier molecular flexibility index (Phi) is 7.33. The van der Waals surface area contributed by atoms with Gasteiger partial charge in [-0.05, 0) is 23.3 Å². The van der Waals surface area contributed by atoms with E-state index in [0.717, 1.165) is 0 Å². The van der Waals surface area contributed by atoms with Crippen LogP contribution in [-0.2, 0) is 28.6 Å². The van der Waals surface area contributed by atoms with Crippen LogP contribution in [0.5, 0.6) is 0 Å². The van der Waals surface area contributed by atoms with Gasteiger partial charge in [-0.3, -0.25) is 0 Å². The van der Waals surface area contributed by atoms with Crippen molar-refractivity contribution in [2.75, 3.05) is 21.3 Å². The summed E-state index contributed by atoms with van der Waals surface area (Å²) in [6.45, 7) is 0. The number of carbonyl (C=O) groups is 3. The fourth-order valence-corrected chi connectivity index (χ4v) is 3.72. The molecule has 0 saturated heterocycles. The topological polar surface area (TPSA) is 82.1 Å². The Hall–Kier alpha value is -3.58. The highest BCUT2D eigenvalue weighted by atomic mass is 35.5. The van der Waals surface area contributed by atoms with E-state index in [1.54, 1.807) is 48.5 Å². The number of ether oxygens (including phenoxy) is 3. The summed E-state index contributed by atoms with van der Waals surface area (Å²) in [6.07, 6.45) is 2.98. The maximum Gasteiger partial charge on any atom is 0.336 e. The first kappa shape index (κ1) is 23.1. The molecule has 1 atom stereocenters. The van der Waals surface area contributed by atoms with Crippen molar-refractivity contribution in [1.82, 2.24) is 4.90 Å². The summed E-state index contributed by atoms with van der Waals surface area (Å²) in [7, 11) is 3.77. The molecule has 0 amide bonds. The quantitative estimate of drug-likeness (QED) is 0.484. The number of rotatable bonds is 6. The monoisotopic (exact) mass is 455 g/mol. The minimum atomic E-state index is -0.938. The minimum Gasteiger partial charge on any atom is -0.467 e. The maximum absolute atomic E-state index is 12.8. The van der Waals surface area contributed by atoms with Crippen molar-refractivity contribution in [1.29, 1.82) is 0 Å². The van der Waals surface area contributed by atoms with Gasteiger partial charge in [-0.15, -0.1) is 0 Å². The van der Waals surface area contributed by atoms with Gasteiger partial charge in [0, 0.05) is 17.4 Å². The molecule has 32 heavy (non-hydrogen) atoms. The average molecular weight is 456 g/mol. The number of hydrogen-bond donors (Lipinski definition) is 0. The lowest BCUT2D eigenvalue weighted by atomic mass is 9.83. The Morgan fingerprint density at radius 2 is 1.34 bits per heavy atom. The molecule has 0 bridgehead atoms. The summed E-state index contributed by atoms with van der Waals surface area (Å²) in [4.78, 5) is 39.7. The first-order chi connectivity index (χ1) is 15.4. The predicted molar refractivity (Wildman–Crippen MR) is 117 cm³/mol. The lowest BCUT2D eigenvalue weighted by molar-refractivity contribution is -0.146. The van der Waals surface area contributed by atoms with Gasteiger partial charge in [0.1, 0.15) is 0 Å². The van der Waals surface area contributed by atoms with Crippen LogP contribution in [0.2, 0.25) is 5.02 Å². The molecule has 1 aliphatic rings. The van der Waals surface area contributed by atoms with Gasteiger partial charge in [-0.25, -0.2) is 14.4 Å². The molecule has 0 aromatic heterocycles. The fraction of sp³-hybridized carbons (Fsp3) is 0.208. The van der Waals surface area contributed by atoms with E-state index < -0.39 is 29.9 Å². The number of carbonyl (C=O) groups excluding carboxylic acids is 3. The van der Waals surface area contributed by atoms with Gasteiger partial charge in [0.05, 0.1) is 38.4 Å². The van der Waals surface area contributed by atoms with Crippen molar-refractivity contribution >= 4 is 29.5 Å². The zero-order chi connectivity index (χ0) is 23.3. The second-order valence-electron chi connectivity index (χ2n) is 6.92. The van der Waals surface area contributed by atoms with Crippen LogP contribution in [0, 0.1) is 0 Å². The van der Waals surface area contributed by atoms with Gasteiger partial charge in [-0.1, -0.05) is 54.1 Å². The Bertz CT molecular complexity index is 1030. The normalized spacial score (nSPS) is 14.7. The third kappa shape index (κ3) is 4.68. The molecule has 0 spiro atoms. The first-order valence-electron chi connectivity index (χ1n) is 9.67. The number of hydrogen-bond acceptors (Lipinski definition) is 7. The van der Waals surface area contributed by atoms with Gasteiger partial charge in [0.25, 0.3) is 0 Å². The van der Waals surface area contributed by atoms with Crippen molar-refractivity contribution < 1.29 is 28.6 Å². The Balaban J connectivity index is 2.21. The summed E-state index contributed by atoms with van der Waals surface area (Å²) in [5.74, 6) is -2.65. The van der Waals surface area contributed by atoms with Crippen LogP contribution < -0.4 is 0 Å². The largest absolute Gasteiger partial charge is 0.467 e. The molecule has 1 heterocycles. The molecular formula is C24H22ClNO6. The molecule has 0 fully saturated rings. The van der Waals surface area contributed by atoms with E-state index in [2.05, 4.69) is 0 Å². The number of methoxy groups -OCH3 is 3. The lowest BCUT2D eigenvalue weighted by Crippen LogP contribution is -2.34. The highest BCUT2D eigenvalue weighted by Gasteiger charge is 2.38. The minimum absolute atomic E-state index is 0.155. The molecule has 2 aromatic carbocycles. The van der Waals surface area contributed by atoms with Gasteiger partial charge >= 0.3 is 17.9 Å². The van der Waals surface area contributed by atoms with E-state index >= 15 is 0 Å². The van der Waals surface area contributed by atoms with Crippen LogP contribution in [-0.4, -0.2) is 44.1 Å². The van der Waals surface area contributed by atoms with Crippen LogP contribution in [0.4, 0.5) is 0 Å². The standard InChI is InChI=1S/C24H22ClNO6/c1-30-22(27)18-13-26(21(24(29)32-3)16-7-5-4-6-8-16)14-19(23(28)31-2)20(18)15-9-11-17(25)12-10-15/h4-14,20-21H,1-3H3/t21-/m1/s1. The van der Waals surface area contributed by atoms with Gasteiger partial charge in [0.15, 0.2) is 6.04 Å². The number of esters is 3. The first-order valence-corrected chi connectivity index (χ1v) is 10.0. The molecule has 0 unspecified atom stereocenters. The predicted octanol–water partition coefficient (Wildman–Crippen LogP) is 3.77. The van der Waals surface area contributed by atoms with Crippen LogP contribution >= 0.6 is 11.6 Å². The molecule has 166 valence electrons. The molecule has 1 aliphatic heterocycles. The molecule has 8 heteroatoms. The fourth-order valence-electron chi connectivity index (χ4n) is 3.59. The van der Waals surface area contributed by atoms with Crippen molar-refractivity contribution in [3.05, 3.63) is 94.3 Å². The van der Waals surface area contributed by atoms with E-state index in [9.17, 15) is 14.4 Å². The van der Waals surface area contributed by atoms with Crippen LogP contribution in [0.25, 0.3) is 0 Å². The smallest absolute Gasteiger partial charge is 0.336 e. The second kappa shape index (κ2) is 10.2. The Morgan fingerprint density at radius 3 is 1.81 bits per heavy atom.